The summed E-state index contributed by atoms with van der Waals surface area (Å²) in [5.41, 5.74) is 3.67. The molecule has 0 amide bonds. The Morgan fingerprint density at radius 2 is 2.24 bits per heavy atom. The average Bonchev–Trinajstić information content (AvgIpc) is 3.05. The van der Waals surface area contributed by atoms with Gasteiger partial charge in [0.25, 0.3) is 0 Å². The van der Waals surface area contributed by atoms with Gasteiger partial charge in [0, 0.05) is 6.20 Å². The van der Waals surface area contributed by atoms with Gasteiger partial charge in [-0.2, -0.15) is 5.10 Å². The number of hydrogen-bond donors (Lipinski definition) is 0. The van der Waals surface area contributed by atoms with E-state index in [1.54, 1.807) is 23.1 Å². The number of hydroxylamine groups is 1. The summed E-state index contributed by atoms with van der Waals surface area (Å²) in [5.74, 6) is 0.673. The Labute approximate surface area is 157 Å². The van der Waals surface area contributed by atoms with E-state index in [9.17, 15) is 0 Å². The van der Waals surface area contributed by atoms with Crippen LogP contribution < -0.4 is 5.06 Å². The minimum atomic E-state index is 0.133. The van der Waals surface area contributed by atoms with Crippen molar-refractivity contribution in [3.63, 3.8) is 0 Å². The molecule has 0 aliphatic heterocycles. The summed E-state index contributed by atoms with van der Waals surface area (Å²) in [6.45, 7) is 3.83. The maximum Gasteiger partial charge on any atom is 0.166 e. The van der Waals surface area contributed by atoms with Gasteiger partial charge in [0.1, 0.15) is 16.9 Å². The van der Waals surface area contributed by atoms with Crippen LogP contribution in [0.5, 0.6) is 0 Å². The molecule has 132 valence electrons. The van der Waals surface area contributed by atoms with Gasteiger partial charge in [0.2, 0.25) is 0 Å². The number of nitrogens with zero attached hydrogens (tertiary/aromatic N) is 4. The molecule has 0 atom stereocenters. The third kappa shape index (κ3) is 3.59. The molecule has 3 rings (SSSR count). The van der Waals surface area contributed by atoms with Gasteiger partial charge in [-0.3, -0.25) is 9.82 Å². The molecule has 2 aromatic rings. The van der Waals surface area contributed by atoms with E-state index < -0.39 is 0 Å². The third-order valence-electron chi connectivity index (χ3n) is 4.18. The normalized spacial score (nSPS) is 14.3. The second kappa shape index (κ2) is 8.04. The van der Waals surface area contributed by atoms with Gasteiger partial charge in [-0.1, -0.05) is 30.3 Å². The predicted molar refractivity (Wildman–Crippen MR) is 103 cm³/mol. The van der Waals surface area contributed by atoms with Gasteiger partial charge in [0.15, 0.2) is 5.82 Å². The highest BCUT2D eigenvalue weighted by Gasteiger charge is 2.28. The molecule has 5 nitrogen and oxygen atoms in total. The minimum absolute atomic E-state index is 0.133. The molecule has 0 saturated carbocycles. The van der Waals surface area contributed by atoms with Gasteiger partial charge in [-0.15, -0.1) is 11.6 Å². The zero-order chi connectivity index (χ0) is 17.8. The zero-order valence-corrected chi connectivity index (χ0v) is 15.6. The van der Waals surface area contributed by atoms with Crippen LogP contribution in [0.3, 0.4) is 0 Å². The first-order chi connectivity index (χ1) is 12.2. The summed E-state index contributed by atoms with van der Waals surface area (Å²) in [6.07, 6.45) is 8.33. The van der Waals surface area contributed by atoms with Gasteiger partial charge < -0.3 is 0 Å². The van der Waals surface area contributed by atoms with Crippen LogP contribution in [0.15, 0.2) is 37.1 Å². The van der Waals surface area contributed by atoms with Crippen LogP contribution in [-0.4, -0.2) is 27.9 Å². The smallest absolute Gasteiger partial charge is 0.166 e. The number of pyridine rings is 1. The molecule has 1 aliphatic carbocycles. The number of allylic oxidation sites excluding steroid dienone is 2. The molecule has 0 aromatic carbocycles. The molecule has 2 aromatic heterocycles. The maximum absolute atomic E-state index is 6.22. The molecule has 2 heterocycles. The first kappa shape index (κ1) is 18.0. The molecular formula is C18H20Cl2N4O. The fourth-order valence-electron chi connectivity index (χ4n) is 3.04. The maximum atomic E-state index is 6.22. The number of hydrogen-bond acceptors (Lipinski definition) is 4. The summed E-state index contributed by atoms with van der Waals surface area (Å²) in [5, 5.41) is 6.49. The van der Waals surface area contributed by atoms with Crippen molar-refractivity contribution in [2.24, 2.45) is 0 Å². The topological polar surface area (TPSA) is 43.2 Å². The lowest BCUT2D eigenvalue weighted by Crippen LogP contribution is -2.23. The highest BCUT2D eigenvalue weighted by atomic mass is 35.5. The molecule has 0 saturated heterocycles. The van der Waals surface area contributed by atoms with Crippen LogP contribution in [0.4, 0.5) is 5.82 Å². The van der Waals surface area contributed by atoms with Crippen molar-refractivity contribution in [1.82, 2.24) is 14.8 Å². The highest BCUT2D eigenvalue weighted by Crippen LogP contribution is 2.41. The molecule has 0 bridgehead atoms. The summed E-state index contributed by atoms with van der Waals surface area (Å²) >= 11 is 12.3. The van der Waals surface area contributed by atoms with E-state index in [1.807, 2.05) is 18.2 Å². The van der Waals surface area contributed by atoms with E-state index in [0.29, 0.717) is 5.82 Å². The highest BCUT2D eigenvalue weighted by molar-refractivity contribution is 6.44. The van der Waals surface area contributed by atoms with Crippen LogP contribution in [0, 0.1) is 0 Å². The molecule has 0 N–H and O–H groups in total. The van der Waals surface area contributed by atoms with Crippen LogP contribution in [0.2, 0.25) is 0 Å². The average molecular weight is 379 g/mol. The lowest BCUT2D eigenvalue weighted by molar-refractivity contribution is 0.176. The van der Waals surface area contributed by atoms with Crippen LogP contribution in [0.25, 0.3) is 22.1 Å². The summed E-state index contributed by atoms with van der Waals surface area (Å²) in [7, 11) is 1.57. The Morgan fingerprint density at radius 3 is 2.80 bits per heavy atom. The monoisotopic (exact) mass is 378 g/mol. The lowest BCUT2D eigenvalue weighted by atomic mass is 9.92. The van der Waals surface area contributed by atoms with E-state index in [-0.39, 0.29) is 11.2 Å². The fraction of sp³-hybridized carbons (Fsp3) is 0.333. The van der Waals surface area contributed by atoms with Crippen molar-refractivity contribution >= 4 is 39.7 Å². The van der Waals surface area contributed by atoms with Gasteiger partial charge in [0.05, 0.1) is 18.4 Å². The van der Waals surface area contributed by atoms with Gasteiger partial charge in [-0.25, -0.2) is 9.75 Å². The number of halogens is 2. The quantitative estimate of drug-likeness (QED) is 0.396. The van der Waals surface area contributed by atoms with E-state index >= 15 is 0 Å². The van der Waals surface area contributed by atoms with Crippen molar-refractivity contribution < 1.29 is 4.84 Å². The lowest BCUT2D eigenvalue weighted by Gasteiger charge is -2.23. The van der Waals surface area contributed by atoms with Crippen molar-refractivity contribution in [2.75, 3.05) is 18.2 Å². The van der Waals surface area contributed by atoms with Crippen molar-refractivity contribution in [3.05, 3.63) is 42.6 Å². The molecule has 7 heteroatoms. The second-order valence-electron chi connectivity index (χ2n) is 5.71. The summed E-state index contributed by atoms with van der Waals surface area (Å²) in [6, 6.07) is 5.87. The minimum Gasteiger partial charge on any atom is -0.274 e. The van der Waals surface area contributed by atoms with Crippen molar-refractivity contribution in [1.29, 1.82) is 0 Å². The summed E-state index contributed by atoms with van der Waals surface area (Å²) < 4.78 is 1.56. The Bertz CT molecular complexity index is 782. The molecule has 0 radical (unpaired) electrons. The predicted octanol–water partition coefficient (Wildman–Crippen LogP) is 5.13. The van der Waals surface area contributed by atoms with E-state index in [1.165, 1.54) is 12.0 Å². The number of anilines is 1. The fourth-order valence-corrected chi connectivity index (χ4v) is 3.37. The number of aromatic nitrogens is 3. The Balaban J connectivity index is 2.29. The van der Waals surface area contributed by atoms with E-state index in [4.69, 9.17) is 28.0 Å². The summed E-state index contributed by atoms with van der Waals surface area (Å²) in [4.78, 5) is 9.91. The van der Waals surface area contributed by atoms with Crippen LogP contribution in [0.1, 0.15) is 31.2 Å². The Hall–Kier alpha value is -1.82. The van der Waals surface area contributed by atoms with Gasteiger partial charge in [-0.05, 0) is 43.4 Å². The van der Waals surface area contributed by atoms with E-state index in [0.717, 1.165) is 36.2 Å². The Kier molecular flexibility index (Phi) is 5.78. The molecule has 0 spiro atoms. The van der Waals surface area contributed by atoms with Crippen LogP contribution in [-0.2, 0) is 4.84 Å². The molecule has 0 fully saturated rings. The van der Waals surface area contributed by atoms with Gasteiger partial charge >= 0.3 is 0 Å². The molecule has 25 heavy (non-hydrogen) atoms. The standard InChI is InChI=1S/C18H20Cl2N4O/c1-13(20)24-18(23(12-19)25-2)16(14-8-4-3-5-9-14)17(22-24)15-10-6-7-11-21-15/h6-8,10-11H,1,3-5,9,12H2,2H3. The van der Waals surface area contributed by atoms with E-state index in [2.05, 4.69) is 22.7 Å². The third-order valence-corrected chi connectivity index (χ3v) is 4.55. The van der Waals surface area contributed by atoms with Crippen LogP contribution >= 0.6 is 23.2 Å². The van der Waals surface area contributed by atoms with Crippen molar-refractivity contribution in [2.45, 2.75) is 25.7 Å². The zero-order valence-electron chi connectivity index (χ0n) is 14.1. The molecular weight excluding hydrogens is 359 g/mol. The SMILES string of the molecule is C=C(Cl)n1nc(-c2ccccn2)c(C2=CCCCC2)c1N(CCl)OC. The Morgan fingerprint density at radius 1 is 1.40 bits per heavy atom. The van der Waals surface area contributed by atoms with Crippen molar-refractivity contribution in [3.8, 4) is 11.4 Å². The number of rotatable bonds is 6. The number of alkyl halides is 1. The first-order valence-electron chi connectivity index (χ1n) is 8.13. The second-order valence-corrected chi connectivity index (χ2v) is 6.38. The largest absolute Gasteiger partial charge is 0.274 e. The first-order valence-corrected chi connectivity index (χ1v) is 9.04. The molecule has 1 aliphatic rings. The molecule has 0 unspecified atom stereocenters.